The minimum absolute atomic E-state index is 0.0273. The smallest absolute Gasteiger partial charge is 0.267 e. The maximum atomic E-state index is 12.4. The summed E-state index contributed by atoms with van der Waals surface area (Å²) < 4.78 is 0. The van der Waals surface area contributed by atoms with Gasteiger partial charge in [-0.05, 0) is 48.6 Å². The highest BCUT2D eigenvalue weighted by Gasteiger charge is 2.12. The van der Waals surface area contributed by atoms with Crippen molar-refractivity contribution in [3.05, 3.63) is 70.9 Å². The summed E-state index contributed by atoms with van der Waals surface area (Å²) in [5, 5.41) is 15.2. The lowest BCUT2D eigenvalue weighted by Gasteiger charge is -2.13. The summed E-state index contributed by atoms with van der Waals surface area (Å²) in [6, 6.07) is 15.5. The molecule has 4 heteroatoms. The van der Waals surface area contributed by atoms with E-state index in [1.807, 2.05) is 62.4 Å². The molecule has 2 aromatic carbocycles. The van der Waals surface area contributed by atoms with E-state index in [0.29, 0.717) is 11.6 Å². The number of benzene rings is 2. The van der Waals surface area contributed by atoms with Gasteiger partial charge in [-0.3, -0.25) is 4.79 Å². The second kappa shape index (κ2) is 8.16. The topological polar surface area (TPSA) is 64.9 Å². The average Bonchev–Trinajstić information content (AvgIpc) is 2.59. The third kappa shape index (κ3) is 4.48. The van der Waals surface area contributed by atoms with E-state index < -0.39 is 5.91 Å². The molecule has 4 nitrogen and oxygen atoms in total. The van der Waals surface area contributed by atoms with E-state index in [4.69, 9.17) is 0 Å². The molecular weight excluding hydrogens is 310 g/mol. The molecule has 0 aromatic heterocycles. The maximum Gasteiger partial charge on any atom is 0.267 e. The quantitative estimate of drug-likeness (QED) is 0.605. The van der Waals surface area contributed by atoms with Crippen LogP contribution in [0.15, 0.2) is 54.2 Å². The van der Waals surface area contributed by atoms with Gasteiger partial charge in [0.25, 0.3) is 5.91 Å². The highest BCUT2D eigenvalue weighted by molar-refractivity contribution is 6.07. The molecule has 1 amide bonds. The van der Waals surface area contributed by atoms with Crippen molar-refractivity contribution < 1.29 is 4.79 Å². The highest BCUT2D eigenvalue weighted by Crippen LogP contribution is 2.24. The predicted molar refractivity (Wildman–Crippen MR) is 102 cm³/mol. The normalized spacial score (nSPS) is 11.1. The fraction of sp³-hybridized carbons (Fsp3) is 0.238. The van der Waals surface area contributed by atoms with Crippen molar-refractivity contribution in [3.8, 4) is 6.07 Å². The average molecular weight is 333 g/mol. The number of hydrogen-bond donors (Lipinski definition) is 2. The number of hydrogen-bond acceptors (Lipinski definition) is 3. The largest absolute Gasteiger partial charge is 0.360 e. The van der Waals surface area contributed by atoms with Crippen LogP contribution in [0.3, 0.4) is 0 Å². The molecule has 0 radical (unpaired) electrons. The zero-order valence-corrected chi connectivity index (χ0v) is 15.1. The Labute approximate surface area is 149 Å². The van der Waals surface area contributed by atoms with Crippen LogP contribution in [0, 0.1) is 25.2 Å². The number of rotatable bonds is 5. The molecule has 0 unspecified atom stereocenters. The van der Waals surface area contributed by atoms with E-state index in [1.54, 1.807) is 0 Å². The number of para-hydroxylation sites is 1. The number of carbonyl (C=O) groups excluding carboxylic acids is 1. The molecular formula is C21H23N3O. The van der Waals surface area contributed by atoms with E-state index in [0.717, 1.165) is 22.4 Å². The molecule has 2 aromatic rings. The first-order valence-electron chi connectivity index (χ1n) is 8.27. The monoisotopic (exact) mass is 333 g/mol. The zero-order chi connectivity index (χ0) is 18.4. The molecule has 0 bridgehead atoms. The lowest BCUT2D eigenvalue weighted by atomic mass is 10.0. The summed E-state index contributed by atoms with van der Waals surface area (Å²) >= 11 is 0. The van der Waals surface area contributed by atoms with Gasteiger partial charge in [0.1, 0.15) is 11.6 Å². The molecule has 25 heavy (non-hydrogen) atoms. The summed E-state index contributed by atoms with van der Waals surface area (Å²) in [5.41, 5.74) is 4.85. The maximum absolute atomic E-state index is 12.4. The molecule has 0 aliphatic carbocycles. The van der Waals surface area contributed by atoms with Crippen molar-refractivity contribution in [1.29, 1.82) is 5.26 Å². The minimum atomic E-state index is -0.425. The number of nitrogens with one attached hydrogen (secondary N) is 2. The Morgan fingerprint density at radius 1 is 1.08 bits per heavy atom. The van der Waals surface area contributed by atoms with E-state index in [9.17, 15) is 10.1 Å². The number of nitrogens with zero attached hydrogens (tertiary/aromatic N) is 1. The van der Waals surface area contributed by atoms with Crippen LogP contribution in [0.4, 0.5) is 11.4 Å². The van der Waals surface area contributed by atoms with E-state index >= 15 is 0 Å². The van der Waals surface area contributed by atoms with Crippen LogP contribution in [0.25, 0.3) is 0 Å². The van der Waals surface area contributed by atoms with E-state index in [1.165, 1.54) is 6.20 Å². The van der Waals surface area contributed by atoms with Crippen LogP contribution >= 0.6 is 0 Å². The van der Waals surface area contributed by atoms with Crippen LogP contribution < -0.4 is 10.6 Å². The van der Waals surface area contributed by atoms with E-state index in [2.05, 4.69) is 24.5 Å². The van der Waals surface area contributed by atoms with Gasteiger partial charge in [-0.1, -0.05) is 44.2 Å². The van der Waals surface area contributed by atoms with Gasteiger partial charge in [0.2, 0.25) is 0 Å². The molecule has 2 N–H and O–H groups in total. The Morgan fingerprint density at radius 2 is 1.76 bits per heavy atom. The van der Waals surface area contributed by atoms with Crippen molar-refractivity contribution in [2.45, 2.75) is 33.6 Å². The summed E-state index contributed by atoms with van der Waals surface area (Å²) in [5.74, 6) is -0.0860. The third-order valence-electron chi connectivity index (χ3n) is 4.17. The first-order valence-corrected chi connectivity index (χ1v) is 8.27. The zero-order valence-electron chi connectivity index (χ0n) is 15.1. The van der Waals surface area contributed by atoms with Gasteiger partial charge in [0, 0.05) is 17.6 Å². The summed E-state index contributed by atoms with van der Waals surface area (Å²) in [6.45, 7) is 8.12. The van der Waals surface area contributed by atoms with Gasteiger partial charge in [-0.15, -0.1) is 0 Å². The molecule has 0 aliphatic heterocycles. The second-order valence-corrected chi connectivity index (χ2v) is 6.26. The van der Waals surface area contributed by atoms with Crippen LogP contribution in [-0.2, 0) is 4.79 Å². The van der Waals surface area contributed by atoms with Gasteiger partial charge < -0.3 is 10.6 Å². The lowest BCUT2D eigenvalue weighted by molar-refractivity contribution is -0.112. The molecule has 0 saturated heterocycles. The van der Waals surface area contributed by atoms with Gasteiger partial charge in [-0.2, -0.15) is 5.26 Å². The third-order valence-corrected chi connectivity index (χ3v) is 4.17. The summed E-state index contributed by atoms with van der Waals surface area (Å²) in [7, 11) is 0. The van der Waals surface area contributed by atoms with Crippen molar-refractivity contribution in [3.63, 3.8) is 0 Å². The molecule has 0 fully saturated rings. The number of nitriles is 1. The number of aryl methyl sites for hydroxylation is 1. The molecule has 2 rings (SSSR count). The van der Waals surface area contributed by atoms with Gasteiger partial charge in [-0.25, -0.2) is 0 Å². The molecule has 0 atom stereocenters. The van der Waals surface area contributed by atoms with Crippen molar-refractivity contribution in [2.75, 3.05) is 10.6 Å². The summed E-state index contributed by atoms with van der Waals surface area (Å²) in [6.07, 6.45) is 1.46. The number of anilines is 2. The fourth-order valence-electron chi connectivity index (χ4n) is 2.51. The fourth-order valence-corrected chi connectivity index (χ4v) is 2.51. The Bertz CT molecular complexity index is 844. The summed E-state index contributed by atoms with van der Waals surface area (Å²) in [4.78, 5) is 12.4. The Kier molecular flexibility index (Phi) is 5.97. The van der Waals surface area contributed by atoms with Crippen LogP contribution in [0.5, 0.6) is 0 Å². The van der Waals surface area contributed by atoms with Crippen LogP contribution in [-0.4, -0.2) is 5.91 Å². The van der Waals surface area contributed by atoms with Gasteiger partial charge >= 0.3 is 0 Å². The second-order valence-electron chi connectivity index (χ2n) is 6.26. The highest BCUT2D eigenvalue weighted by atomic mass is 16.1. The SMILES string of the molecule is Cc1cccc(NC(=O)/C(C#N)=C\Nc2ccccc2C(C)C)c1C. The Balaban J connectivity index is 2.19. The predicted octanol–water partition coefficient (Wildman–Crippen LogP) is 4.88. The van der Waals surface area contributed by atoms with Crippen LogP contribution in [0.2, 0.25) is 0 Å². The van der Waals surface area contributed by atoms with E-state index in [-0.39, 0.29) is 5.57 Å². The van der Waals surface area contributed by atoms with Crippen molar-refractivity contribution in [1.82, 2.24) is 0 Å². The first-order chi connectivity index (χ1) is 11.9. The lowest BCUT2D eigenvalue weighted by Crippen LogP contribution is -2.15. The number of carbonyl (C=O) groups is 1. The molecule has 0 aliphatic rings. The molecule has 0 heterocycles. The Hall–Kier alpha value is -3.06. The van der Waals surface area contributed by atoms with Gasteiger partial charge in [0.15, 0.2) is 0 Å². The number of amides is 1. The molecule has 0 saturated carbocycles. The Morgan fingerprint density at radius 3 is 2.44 bits per heavy atom. The van der Waals surface area contributed by atoms with Gasteiger partial charge in [0.05, 0.1) is 0 Å². The van der Waals surface area contributed by atoms with Crippen LogP contribution in [0.1, 0.15) is 36.5 Å². The van der Waals surface area contributed by atoms with Crippen molar-refractivity contribution in [2.24, 2.45) is 0 Å². The standard InChI is InChI=1S/C21H23N3O/c1-14(2)18-9-5-6-10-20(18)23-13-17(12-22)21(25)24-19-11-7-8-15(3)16(19)4/h5-11,13-14,23H,1-4H3,(H,24,25)/b17-13-. The molecule has 128 valence electrons. The molecule has 0 spiro atoms. The first kappa shape index (κ1) is 18.3. The van der Waals surface area contributed by atoms with Crippen molar-refractivity contribution >= 4 is 17.3 Å². The minimum Gasteiger partial charge on any atom is -0.360 e.